The first-order valence-electron chi connectivity index (χ1n) is 7.64. The Morgan fingerprint density at radius 3 is 1.88 bits per heavy atom. The highest BCUT2D eigenvalue weighted by Crippen LogP contribution is 2.19. The molecule has 17 heavy (non-hydrogen) atoms. The molecule has 1 rings (SSSR count). The van der Waals surface area contributed by atoms with Gasteiger partial charge in [-0.05, 0) is 6.42 Å². The Kier molecular flexibility index (Phi) is 8.72. The van der Waals surface area contributed by atoms with Crippen molar-refractivity contribution < 1.29 is 9.84 Å². The van der Waals surface area contributed by atoms with E-state index in [2.05, 4.69) is 6.92 Å². The highest BCUT2D eigenvalue weighted by Gasteiger charge is 2.30. The Bertz CT molecular complexity index is 166. The number of hydrogen-bond donors (Lipinski definition) is 1. The fourth-order valence-electron chi connectivity index (χ4n) is 2.30. The summed E-state index contributed by atoms with van der Waals surface area (Å²) in [5.41, 5.74) is 0. The summed E-state index contributed by atoms with van der Waals surface area (Å²) in [6.07, 6.45) is 14.5. The lowest BCUT2D eigenvalue weighted by Gasteiger charge is -2.06. The SMILES string of the molecule is CCCCCCCCCCCC[C@H](O)[C@H]1CO1. The third kappa shape index (κ3) is 8.62. The van der Waals surface area contributed by atoms with Crippen LogP contribution in [0, 0.1) is 0 Å². The fraction of sp³-hybridized carbons (Fsp3) is 1.00. The Hall–Kier alpha value is -0.0800. The van der Waals surface area contributed by atoms with Gasteiger partial charge in [-0.25, -0.2) is 0 Å². The summed E-state index contributed by atoms with van der Waals surface area (Å²) < 4.78 is 5.06. The lowest BCUT2D eigenvalue weighted by atomic mass is 10.0. The monoisotopic (exact) mass is 242 g/mol. The molecule has 1 aliphatic rings. The van der Waals surface area contributed by atoms with E-state index in [0.717, 1.165) is 19.4 Å². The van der Waals surface area contributed by atoms with E-state index in [-0.39, 0.29) is 12.2 Å². The van der Waals surface area contributed by atoms with Gasteiger partial charge in [0, 0.05) is 0 Å². The van der Waals surface area contributed by atoms with E-state index >= 15 is 0 Å². The van der Waals surface area contributed by atoms with Gasteiger partial charge in [-0.2, -0.15) is 0 Å². The Morgan fingerprint density at radius 2 is 1.41 bits per heavy atom. The minimum absolute atomic E-state index is 0.175. The highest BCUT2D eigenvalue weighted by molar-refractivity contribution is 4.77. The summed E-state index contributed by atoms with van der Waals surface area (Å²) in [5, 5.41) is 9.59. The van der Waals surface area contributed by atoms with Crippen molar-refractivity contribution in [1.29, 1.82) is 0 Å². The average molecular weight is 242 g/mol. The Labute approximate surface area is 107 Å². The molecule has 1 N–H and O–H groups in total. The van der Waals surface area contributed by atoms with Crippen LogP contribution in [0.2, 0.25) is 0 Å². The van der Waals surface area contributed by atoms with E-state index in [1.807, 2.05) is 0 Å². The number of rotatable bonds is 12. The minimum Gasteiger partial charge on any atom is -0.390 e. The van der Waals surface area contributed by atoms with Crippen LogP contribution in [0.5, 0.6) is 0 Å². The fourth-order valence-corrected chi connectivity index (χ4v) is 2.30. The summed E-state index contributed by atoms with van der Waals surface area (Å²) in [6, 6.07) is 0. The van der Waals surface area contributed by atoms with Crippen LogP contribution in [0.1, 0.15) is 77.6 Å². The molecule has 0 aromatic heterocycles. The summed E-state index contributed by atoms with van der Waals surface area (Å²) in [5.74, 6) is 0. The second kappa shape index (κ2) is 9.90. The largest absolute Gasteiger partial charge is 0.390 e. The Morgan fingerprint density at radius 1 is 0.941 bits per heavy atom. The van der Waals surface area contributed by atoms with Crippen LogP contribution in [-0.4, -0.2) is 23.9 Å². The van der Waals surface area contributed by atoms with Crippen LogP contribution in [-0.2, 0) is 4.74 Å². The van der Waals surface area contributed by atoms with Crippen molar-refractivity contribution in [2.24, 2.45) is 0 Å². The molecule has 0 aromatic carbocycles. The predicted molar refractivity (Wildman–Crippen MR) is 72.2 cm³/mol. The molecule has 0 unspecified atom stereocenters. The maximum atomic E-state index is 9.59. The van der Waals surface area contributed by atoms with Gasteiger partial charge in [0.15, 0.2) is 0 Å². The maximum absolute atomic E-state index is 9.59. The molecule has 0 spiro atoms. The molecule has 1 fully saturated rings. The van der Waals surface area contributed by atoms with E-state index in [0.29, 0.717) is 0 Å². The number of unbranched alkanes of at least 4 members (excludes halogenated alkanes) is 9. The molecule has 0 aliphatic carbocycles. The van der Waals surface area contributed by atoms with E-state index in [1.165, 1.54) is 57.8 Å². The number of epoxide rings is 1. The summed E-state index contributed by atoms with van der Waals surface area (Å²) >= 11 is 0. The molecule has 0 aromatic rings. The van der Waals surface area contributed by atoms with Gasteiger partial charge in [-0.1, -0.05) is 71.1 Å². The molecule has 1 heterocycles. The molecule has 0 amide bonds. The smallest absolute Gasteiger partial charge is 0.107 e. The molecule has 102 valence electrons. The summed E-state index contributed by atoms with van der Waals surface area (Å²) in [7, 11) is 0. The molecule has 2 heteroatoms. The standard InChI is InChI=1S/C15H30O2/c1-2-3-4-5-6-7-8-9-10-11-12-14(16)15-13-17-15/h14-16H,2-13H2,1H3/t14-,15+/m0/s1. The third-order valence-corrected chi connectivity index (χ3v) is 3.64. The van der Waals surface area contributed by atoms with Crippen molar-refractivity contribution in [3.05, 3.63) is 0 Å². The minimum atomic E-state index is -0.191. The molecule has 2 atom stereocenters. The van der Waals surface area contributed by atoms with Crippen LogP contribution < -0.4 is 0 Å². The number of hydrogen-bond acceptors (Lipinski definition) is 2. The molecule has 1 aliphatic heterocycles. The average Bonchev–Trinajstić information content (AvgIpc) is 3.15. The van der Waals surface area contributed by atoms with Crippen LogP contribution in [0.4, 0.5) is 0 Å². The second-order valence-electron chi connectivity index (χ2n) is 5.41. The second-order valence-corrected chi connectivity index (χ2v) is 5.41. The quantitative estimate of drug-likeness (QED) is 0.413. The highest BCUT2D eigenvalue weighted by atomic mass is 16.6. The number of ether oxygens (including phenoxy) is 1. The van der Waals surface area contributed by atoms with Gasteiger partial charge >= 0.3 is 0 Å². The van der Waals surface area contributed by atoms with Crippen LogP contribution >= 0.6 is 0 Å². The van der Waals surface area contributed by atoms with Crippen molar-refractivity contribution in [3.63, 3.8) is 0 Å². The van der Waals surface area contributed by atoms with Crippen LogP contribution in [0.15, 0.2) is 0 Å². The first-order valence-corrected chi connectivity index (χ1v) is 7.64. The van der Waals surface area contributed by atoms with Crippen LogP contribution in [0.25, 0.3) is 0 Å². The van der Waals surface area contributed by atoms with Gasteiger partial charge in [0.05, 0.1) is 12.7 Å². The molecular formula is C15H30O2. The summed E-state index contributed by atoms with van der Waals surface area (Å²) in [6.45, 7) is 3.04. The first-order chi connectivity index (χ1) is 8.34. The van der Waals surface area contributed by atoms with Gasteiger partial charge < -0.3 is 9.84 Å². The zero-order valence-corrected chi connectivity index (χ0v) is 11.5. The van der Waals surface area contributed by atoms with Crippen LogP contribution in [0.3, 0.4) is 0 Å². The lowest BCUT2D eigenvalue weighted by molar-refractivity contribution is 0.123. The lowest BCUT2D eigenvalue weighted by Crippen LogP contribution is -2.13. The normalized spacial score (nSPS) is 20.5. The van der Waals surface area contributed by atoms with Crippen molar-refractivity contribution in [2.75, 3.05) is 6.61 Å². The number of aliphatic hydroxyl groups is 1. The van der Waals surface area contributed by atoms with Crippen molar-refractivity contribution >= 4 is 0 Å². The van der Waals surface area contributed by atoms with E-state index < -0.39 is 0 Å². The van der Waals surface area contributed by atoms with Crippen molar-refractivity contribution in [1.82, 2.24) is 0 Å². The zero-order valence-electron chi connectivity index (χ0n) is 11.5. The van der Waals surface area contributed by atoms with Crippen molar-refractivity contribution in [3.8, 4) is 0 Å². The maximum Gasteiger partial charge on any atom is 0.107 e. The van der Waals surface area contributed by atoms with E-state index in [9.17, 15) is 5.11 Å². The predicted octanol–water partition coefficient (Wildman–Crippen LogP) is 4.06. The molecule has 0 radical (unpaired) electrons. The van der Waals surface area contributed by atoms with Crippen molar-refractivity contribution in [2.45, 2.75) is 89.8 Å². The van der Waals surface area contributed by atoms with Gasteiger partial charge in [0.1, 0.15) is 6.10 Å². The molecule has 0 saturated carbocycles. The van der Waals surface area contributed by atoms with Gasteiger partial charge in [-0.15, -0.1) is 0 Å². The molecule has 0 bridgehead atoms. The number of aliphatic hydroxyl groups excluding tert-OH is 1. The topological polar surface area (TPSA) is 32.8 Å². The van der Waals surface area contributed by atoms with Gasteiger partial charge in [0.25, 0.3) is 0 Å². The molecule has 2 nitrogen and oxygen atoms in total. The first kappa shape index (κ1) is 15.0. The third-order valence-electron chi connectivity index (χ3n) is 3.64. The summed E-state index contributed by atoms with van der Waals surface area (Å²) in [4.78, 5) is 0. The van der Waals surface area contributed by atoms with Gasteiger partial charge in [0.2, 0.25) is 0 Å². The van der Waals surface area contributed by atoms with E-state index in [1.54, 1.807) is 0 Å². The zero-order chi connectivity index (χ0) is 12.3. The molecular weight excluding hydrogens is 212 g/mol. The van der Waals surface area contributed by atoms with Gasteiger partial charge in [-0.3, -0.25) is 0 Å². The molecule has 1 saturated heterocycles. The Balaban J connectivity index is 1.69. The van der Waals surface area contributed by atoms with E-state index in [4.69, 9.17) is 4.74 Å².